The summed E-state index contributed by atoms with van der Waals surface area (Å²) in [5, 5.41) is 0. The van der Waals surface area contributed by atoms with Gasteiger partial charge in [-0.3, -0.25) is 4.79 Å². The molecule has 0 radical (unpaired) electrons. The van der Waals surface area contributed by atoms with Crippen LogP contribution in [0.25, 0.3) is 0 Å². The molecule has 0 saturated heterocycles. The number of carbonyl (C=O) groups is 1. The fourth-order valence-electron chi connectivity index (χ4n) is 1.74. The van der Waals surface area contributed by atoms with Gasteiger partial charge < -0.3 is 13.9 Å². The highest BCUT2D eigenvalue weighted by molar-refractivity contribution is 6.07. The van der Waals surface area contributed by atoms with E-state index < -0.39 is 0 Å². The van der Waals surface area contributed by atoms with Crippen molar-refractivity contribution in [2.24, 2.45) is 0 Å². The van der Waals surface area contributed by atoms with E-state index in [1.165, 1.54) is 0 Å². The molecule has 0 aliphatic carbocycles. The highest BCUT2D eigenvalue weighted by Crippen LogP contribution is 2.33. The van der Waals surface area contributed by atoms with E-state index in [2.05, 4.69) is 0 Å². The quantitative estimate of drug-likeness (QED) is 0.744. The van der Waals surface area contributed by atoms with Crippen LogP contribution in [0.5, 0.6) is 11.5 Å². The van der Waals surface area contributed by atoms with Crippen LogP contribution in [0.2, 0.25) is 0 Å². The van der Waals surface area contributed by atoms with Crippen molar-refractivity contribution in [2.75, 3.05) is 6.79 Å². The Morgan fingerprint density at radius 3 is 2.71 bits per heavy atom. The molecular formula is C13H10O4. The molecule has 2 heterocycles. The number of hydrogen-bond acceptors (Lipinski definition) is 4. The summed E-state index contributed by atoms with van der Waals surface area (Å²) < 4.78 is 15.7. The Balaban J connectivity index is 1.97. The predicted molar refractivity (Wildman–Crippen MR) is 59.4 cm³/mol. The van der Waals surface area contributed by atoms with Crippen LogP contribution in [0.1, 0.15) is 21.9 Å². The summed E-state index contributed by atoms with van der Waals surface area (Å²) in [5.74, 6) is 2.16. The Hall–Kier alpha value is -2.23. The van der Waals surface area contributed by atoms with Gasteiger partial charge in [0.15, 0.2) is 17.3 Å². The van der Waals surface area contributed by atoms with Gasteiger partial charge in [0.05, 0.1) is 0 Å². The number of hydrogen-bond donors (Lipinski definition) is 0. The maximum atomic E-state index is 12.1. The number of fused-ring (bicyclic) bond motifs is 1. The van der Waals surface area contributed by atoms with Gasteiger partial charge in [0.2, 0.25) is 12.6 Å². The molecule has 0 fully saturated rings. The van der Waals surface area contributed by atoms with E-state index in [0.717, 1.165) is 0 Å². The number of ketones is 1. The molecule has 0 unspecified atom stereocenters. The zero-order chi connectivity index (χ0) is 11.8. The Morgan fingerprint density at radius 1 is 1.12 bits per heavy atom. The third kappa shape index (κ3) is 1.67. The highest BCUT2D eigenvalue weighted by atomic mass is 16.7. The van der Waals surface area contributed by atoms with Gasteiger partial charge in [0, 0.05) is 5.56 Å². The average Bonchev–Trinajstić information content (AvgIpc) is 2.95. The Morgan fingerprint density at radius 2 is 1.94 bits per heavy atom. The molecule has 17 heavy (non-hydrogen) atoms. The summed E-state index contributed by atoms with van der Waals surface area (Å²) in [6.45, 7) is 2.00. The first kappa shape index (κ1) is 9.96. The summed E-state index contributed by atoms with van der Waals surface area (Å²) in [4.78, 5) is 12.1. The fraction of sp³-hybridized carbons (Fsp3) is 0.154. The van der Waals surface area contributed by atoms with Crippen molar-refractivity contribution in [3.63, 3.8) is 0 Å². The van der Waals surface area contributed by atoms with Gasteiger partial charge in [-0.25, -0.2) is 0 Å². The van der Waals surface area contributed by atoms with Gasteiger partial charge in [-0.1, -0.05) is 0 Å². The molecule has 0 atom stereocenters. The second-order valence-corrected chi connectivity index (χ2v) is 3.81. The molecule has 86 valence electrons. The number of ether oxygens (including phenoxy) is 2. The van der Waals surface area contributed by atoms with Crippen molar-refractivity contribution in [1.82, 2.24) is 0 Å². The minimum atomic E-state index is -0.156. The smallest absolute Gasteiger partial charge is 0.231 e. The largest absolute Gasteiger partial charge is 0.458 e. The molecule has 0 saturated carbocycles. The third-order valence-corrected chi connectivity index (χ3v) is 2.60. The number of carbonyl (C=O) groups excluding carboxylic acids is 1. The standard InChI is InChI=1S/C13H10O4/c1-8-2-4-11(17-8)13(14)9-3-5-10-12(6-9)16-7-15-10/h2-6H,7H2,1H3. The van der Waals surface area contributed by atoms with Gasteiger partial charge in [0.25, 0.3) is 0 Å². The average molecular weight is 230 g/mol. The maximum absolute atomic E-state index is 12.1. The van der Waals surface area contributed by atoms with Crippen LogP contribution in [-0.2, 0) is 0 Å². The first-order valence-corrected chi connectivity index (χ1v) is 5.25. The van der Waals surface area contributed by atoms with Crippen LogP contribution < -0.4 is 9.47 Å². The van der Waals surface area contributed by atoms with E-state index in [4.69, 9.17) is 13.9 Å². The third-order valence-electron chi connectivity index (χ3n) is 2.60. The van der Waals surface area contributed by atoms with Crippen molar-refractivity contribution in [1.29, 1.82) is 0 Å². The van der Waals surface area contributed by atoms with Crippen molar-refractivity contribution in [2.45, 2.75) is 6.92 Å². The predicted octanol–water partition coefficient (Wildman–Crippen LogP) is 2.55. The van der Waals surface area contributed by atoms with E-state index in [1.54, 1.807) is 37.3 Å². The van der Waals surface area contributed by atoms with Gasteiger partial charge >= 0.3 is 0 Å². The molecule has 0 amide bonds. The topological polar surface area (TPSA) is 48.7 Å². The second kappa shape index (κ2) is 3.66. The summed E-state index contributed by atoms with van der Waals surface area (Å²) in [7, 11) is 0. The van der Waals surface area contributed by atoms with Crippen LogP contribution in [0.4, 0.5) is 0 Å². The number of benzene rings is 1. The van der Waals surface area contributed by atoms with E-state index in [9.17, 15) is 4.79 Å². The van der Waals surface area contributed by atoms with Crippen LogP contribution in [0.3, 0.4) is 0 Å². The van der Waals surface area contributed by atoms with E-state index in [0.29, 0.717) is 28.6 Å². The van der Waals surface area contributed by atoms with Gasteiger partial charge in [0.1, 0.15) is 5.76 Å². The second-order valence-electron chi connectivity index (χ2n) is 3.81. The summed E-state index contributed by atoms with van der Waals surface area (Å²) in [5.41, 5.74) is 0.531. The minimum absolute atomic E-state index is 0.156. The van der Waals surface area contributed by atoms with Crippen molar-refractivity contribution in [3.8, 4) is 11.5 Å². The van der Waals surface area contributed by atoms with Crippen molar-refractivity contribution < 1.29 is 18.7 Å². The van der Waals surface area contributed by atoms with Gasteiger partial charge in [-0.2, -0.15) is 0 Å². The van der Waals surface area contributed by atoms with Crippen LogP contribution in [-0.4, -0.2) is 12.6 Å². The lowest BCUT2D eigenvalue weighted by Gasteiger charge is -2.00. The minimum Gasteiger partial charge on any atom is -0.458 e. The van der Waals surface area contributed by atoms with Crippen LogP contribution in [0, 0.1) is 6.92 Å². The molecule has 2 aromatic rings. The van der Waals surface area contributed by atoms with Crippen LogP contribution >= 0.6 is 0 Å². The summed E-state index contributed by atoms with van der Waals surface area (Å²) >= 11 is 0. The molecule has 1 aliphatic heterocycles. The molecule has 0 N–H and O–H groups in total. The molecule has 0 bridgehead atoms. The SMILES string of the molecule is Cc1ccc(C(=O)c2ccc3c(c2)OCO3)o1. The first-order chi connectivity index (χ1) is 8.24. The summed E-state index contributed by atoms with van der Waals surface area (Å²) in [6, 6.07) is 8.53. The lowest BCUT2D eigenvalue weighted by atomic mass is 10.1. The molecule has 1 aromatic carbocycles. The van der Waals surface area contributed by atoms with E-state index in [1.807, 2.05) is 0 Å². The van der Waals surface area contributed by atoms with Gasteiger partial charge in [-0.05, 0) is 37.3 Å². The lowest BCUT2D eigenvalue weighted by Crippen LogP contribution is -1.99. The van der Waals surface area contributed by atoms with E-state index >= 15 is 0 Å². The maximum Gasteiger partial charge on any atom is 0.231 e. The van der Waals surface area contributed by atoms with E-state index in [-0.39, 0.29) is 12.6 Å². The molecule has 1 aromatic heterocycles. The lowest BCUT2D eigenvalue weighted by molar-refractivity contribution is 0.101. The Labute approximate surface area is 97.8 Å². The fourth-order valence-corrected chi connectivity index (χ4v) is 1.74. The molecular weight excluding hydrogens is 220 g/mol. The molecule has 1 aliphatic rings. The molecule has 0 spiro atoms. The molecule has 3 rings (SSSR count). The first-order valence-electron chi connectivity index (χ1n) is 5.25. The zero-order valence-corrected chi connectivity index (χ0v) is 9.23. The Kier molecular flexibility index (Phi) is 2.14. The Bertz CT molecular complexity index is 583. The number of aryl methyl sites for hydroxylation is 1. The van der Waals surface area contributed by atoms with Crippen molar-refractivity contribution in [3.05, 3.63) is 47.4 Å². The van der Waals surface area contributed by atoms with Crippen LogP contribution in [0.15, 0.2) is 34.7 Å². The van der Waals surface area contributed by atoms with Gasteiger partial charge in [-0.15, -0.1) is 0 Å². The zero-order valence-electron chi connectivity index (χ0n) is 9.23. The number of rotatable bonds is 2. The monoisotopic (exact) mass is 230 g/mol. The normalized spacial score (nSPS) is 12.8. The number of furan rings is 1. The molecule has 4 nitrogen and oxygen atoms in total. The summed E-state index contributed by atoms with van der Waals surface area (Å²) in [6.07, 6.45) is 0. The molecule has 4 heteroatoms. The van der Waals surface area contributed by atoms with Crippen molar-refractivity contribution >= 4 is 5.78 Å². The highest BCUT2D eigenvalue weighted by Gasteiger charge is 2.18.